The molecule has 0 saturated heterocycles. The van der Waals surface area contributed by atoms with Gasteiger partial charge in [0.1, 0.15) is 0 Å². The van der Waals surface area contributed by atoms with Crippen LogP contribution in [0.2, 0.25) is 0 Å². The monoisotopic (exact) mass is 361 g/mol. The minimum absolute atomic E-state index is 0.0637. The van der Waals surface area contributed by atoms with Gasteiger partial charge in [0.2, 0.25) is 0 Å². The normalized spacial score (nSPS) is 11.8. The zero-order valence-corrected chi connectivity index (χ0v) is 15.3. The summed E-state index contributed by atoms with van der Waals surface area (Å²) in [6.07, 6.45) is -0.574. The predicted octanol–water partition coefficient (Wildman–Crippen LogP) is 1.31. The van der Waals surface area contributed by atoms with Crippen LogP contribution in [0.1, 0.15) is 18.2 Å². The number of nitrogens with one attached hydrogen (secondary N) is 1. The van der Waals surface area contributed by atoms with Crippen LogP contribution in [0.25, 0.3) is 5.69 Å². The van der Waals surface area contributed by atoms with Gasteiger partial charge in [-0.1, -0.05) is 18.2 Å². The number of hydrogen-bond donors (Lipinski definition) is 1. The molecule has 26 heavy (non-hydrogen) atoms. The van der Waals surface area contributed by atoms with E-state index in [-0.39, 0.29) is 18.5 Å². The summed E-state index contributed by atoms with van der Waals surface area (Å²) in [4.78, 5) is 29.0. The van der Waals surface area contributed by atoms with Gasteiger partial charge >= 0.3 is 5.97 Å². The van der Waals surface area contributed by atoms with E-state index in [1.165, 1.54) is 26.0 Å². The molecule has 1 heterocycles. The first-order valence-electron chi connectivity index (χ1n) is 8.05. The van der Waals surface area contributed by atoms with Crippen molar-refractivity contribution in [3.63, 3.8) is 0 Å². The average Bonchev–Trinajstić information content (AvgIpc) is 2.98. The second kappa shape index (κ2) is 9.12. The summed E-state index contributed by atoms with van der Waals surface area (Å²) in [5.74, 6) is -0.452. The van der Waals surface area contributed by atoms with E-state index in [2.05, 4.69) is 10.1 Å². The lowest BCUT2D eigenvalue weighted by molar-refractivity contribution is -0.139. The number of aromatic nitrogens is 2. The van der Waals surface area contributed by atoms with Crippen molar-refractivity contribution < 1.29 is 19.0 Å². The molecule has 0 aliphatic heterocycles. The number of esters is 1. The second-order valence-corrected chi connectivity index (χ2v) is 5.52. The molecule has 0 aliphatic carbocycles. The smallest absolute Gasteiger partial charge is 0.311 e. The fraction of sp³-hybridized carbons (Fsp3) is 0.389. The van der Waals surface area contributed by atoms with Crippen LogP contribution in [0.15, 0.2) is 40.1 Å². The Labute approximate surface area is 151 Å². The van der Waals surface area contributed by atoms with Crippen molar-refractivity contribution in [3.8, 4) is 5.69 Å². The number of benzene rings is 1. The minimum atomic E-state index is -0.510. The fourth-order valence-electron chi connectivity index (χ4n) is 2.49. The Kier molecular flexibility index (Phi) is 6.88. The molecule has 0 radical (unpaired) electrons. The molecule has 1 N–H and O–H groups in total. The van der Waals surface area contributed by atoms with Gasteiger partial charge in [-0.05, 0) is 19.1 Å². The number of rotatable bonds is 8. The molecule has 2 aromatic rings. The van der Waals surface area contributed by atoms with Crippen LogP contribution >= 0.6 is 0 Å². The van der Waals surface area contributed by atoms with Gasteiger partial charge in [0, 0.05) is 19.9 Å². The van der Waals surface area contributed by atoms with Gasteiger partial charge in [-0.2, -0.15) is 0 Å². The molecule has 0 aliphatic rings. The van der Waals surface area contributed by atoms with E-state index in [9.17, 15) is 9.59 Å². The summed E-state index contributed by atoms with van der Waals surface area (Å²) in [6, 6.07) is 9.09. The van der Waals surface area contributed by atoms with E-state index in [0.717, 1.165) is 0 Å². The number of carbonyl (C=O) groups is 1. The van der Waals surface area contributed by atoms with Crippen molar-refractivity contribution in [1.82, 2.24) is 9.78 Å². The number of para-hydroxylation sites is 1. The highest BCUT2D eigenvalue weighted by molar-refractivity contribution is 6.00. The summed E-state index contributed by atoms with van der Waals surface area (Å²) >= 11 is 0. The van der Waals surface area contributed by atoms with Gasteiger partial charge in [-0.25, -0.2) is 4.68 Å². The van der Waals surface area contributed by atoms with Crippen molar-refractivity contribution in [3.05, 3.63) is 51.9 Å². The molecule has 8 nitrogen and oxygen atoms in total. The Morgan fingerprint density at radius 2 is 1.85 bits per heavy atom. The molecule has 2 rings (SSSR count). The fourth-order valence-corrected chi connectivity index (χ4v) is 2.49. The number of aromatic amines is 1. The maximum atomic E-state index is 12.9. The van der Waals surface area contributed by atoms with E-state index in [4.69, 9.17) is 14.2 Å². The zero-order valence-electron chi connectivity index (χ0n) is 15.3. The molecule has 0 bridgehead atoms. The van der Waals surface area contributed by atoms with Crippen molar-refractivity contribution in [2.24, 2.45) is 4.99 Å². The number of nitrogens with zero attached hydrogens (tertiary/aromatic N) is 2. The van der Waals surface area contributed by atoms with Crippen LogP contribution in [0.5, 0.6) is 0 Å². The zero-order chi connectivity index (χ0) is 19.1. The van der Waals surface area contributed by atoms with Crippen LogP contribution in [0, 0.1) is 0 Å². The number of methoxy groups -OCH3 is 3. The maximum absolute atomic E-state index is 12.9. The Balaban J connectivity index is 2.48. The SMILES string of the molecule is COC(=O)Cc1[nH]n(-c2ccccc2)c(=O)c1C(C)=NCC(OC)OC. The van der Waals surface area contributed by atoms with Crippen molar-refractivity contribution in [2.75, 3.05) is 27.9 Å². The van der Waals surface area contributed by atoms with E-state index in [1.807, 2.05) is 18.2 Å². The standard InChI is InChI=1S/C18H23N3O5/c1-12(19-11-16(25-3)26-4)17-14(10-15(22)24-2)20-21(18(17)23)13-8-6-5-7-9-13/h5-9,16,20H,10-11H2,1-4H3. The molecule has 0 unspecified atom stereocenters. The van der Waals surface area contributed by atoms with E-state index >= 15 is 0 Å². The lowest BCUT2D eigenvalue weighted by Crippen LogP contribution is -2.22. The third kappa shape index (κ3) is 4.47. The van der Waals surface area contributed by atoms with Gasteiger partial charge in [0.05, 0.1) is 37.0 Å². The maximum Gasteiger partial charge on any atom is 0.311 e. The molecule has 8 heteroatoms. The van der Waals surface area contributed by atoms with E-state index in [1.54, 1.807) is 19.1 Å². The van der Waals surface area contributed by atoms with Gasteiger partial charge < -0.3 is 14.2 Å². The van der Waals surface area contributed by atoms with Gasteiger partial charge in [0.25, 0.3) is 5.56 Å². The highest BCUT2D eigenvalue weighted by atomic mass is 16.7. The van der Waals surface area contributed by atoms with Crippen LogP contribution in [-0.4, -0.2) is 55.6 Å². The van der Waals surface area contributed by atoms with Gasteiger partial charge in [0.15, 0.2) is 6.29 Å². The summed E-state index contributed by atoms with van der Waals surface area (Å²) in [6.45, 7) is 1.94. The number of H-pyrrole nitrogens is 1. The summed E-state index contributed by atoms with van der Waals surface area (Å²) in [5, 5.41) is 2.99. The first kappa shape index (κ1) is 19.6. The number of aliphatic imine (C=N–C) groups is 1. The molecule has 0 fully saturated rings. The third-order valence-electron chi connectivity index (χ3n) is 3.89. The summed E-state index contributed by atoms with van der Waals surface area (Å²) < 4.78 is 16.3. The van der Waals surface area contributed by atoms with E-state index in [0.29, 0.717) is 22.7 Å². The summed E-state index contributed by atoms with van der Waals surface area (Å²) in [5.41, 5.74) is 1.64. The first-order valence-corrected chi connectivity index (χ1v) is 8.05. The lowest BCUT2D eigenvalue weighted by Gasteiger charge is -2.10. The third-order valence-corrected chi connectivity index (χ3v) is 3.89. The summed E-state index contributed by atoms with van der Waals surface area (Å²) in [7, 11) is 4.33. The van der Waals surface area contributed by atoms with E-state index < -0.39 is 12.3 Å². The number of hydrogen-bond acceptors (Lipinski definition) is 6. The van der Waals surface area contributed by atoms with Crippen molar-refractivity contribution in [1.29, 1.82) is 0 Å². The molecule has 0 amide bonds. The molecule has 0 atom stereocenters. The number of ether oxygens (including phenoxy) is 3. The van der Waals surface area contributed by atoms with Gasteiger partial charge in [-0.15, -0.1) is 0 Å². The quantitative estimate of drug-likeness (QED) is 0.435. The second-order valence-electron chi connectivity index (χ2n) is 5.52. The Morgan fingerprint density at radius 1 is 1.19 bits per heavy atom. The topological polar surface area (TPSA) is 94.9 Å². The van der Waals surface area contributed by atoms with Crippen LogP contribution < -0.4 is 5.56 Å². The van der Waals surface area contributed by atoms with Crippen LogP contribution in [0.4, 0.5) is 0 Å². The Hall–Kier alpha value is -2.71. The average molecular weight is 361 g/mol. The minimum Gasteiger partial charge on any atom is -0.469 e. The molecule has 1 aromatic heterocycles. The van der Waals surface area contributed by atoms with Gasteiger partial charge in [-0.3, -0.25) is 19.7 Å². The molecule has 140 valence electrons. The lowest BCUT2D eigenvalue weighted by atomic mass is 10.1. The van der Waals surface area contributed by atoms with Crippen LogP contribution in [-0.2, 0) is 25.4 Å². The molecule has 0 saturated carbocycles. The largest absolute Gasteiger partial charge is 0.469 e. The molecular weight excluding hydrogens is 338 g/mol. The van der Waals surface area contributed by atoms with Crippen molar-refractivity contribution >= 4 is 11.7 Å². The number of carbonyl (C=O) groups excluding carboxylic acids is 1. The highest BCUT2D eigenvalue weighted by Gasteiger charge is 2.20. The predicted molar refractivity (Wildman–Crippen MR) is 97.0 cm³/mol. The Morgan fingerprint density at radius 3 is 2.42 bits per heavy atom. The van der Waals surface area contributed by atoms with Crippen molar-refractivity contribution in [2.45, 2.75) is 19.6 Å². The Bertz CT molecular complexity index is 819. The molecular formula is C18H23N3O5. The molecule has 0 spiro atoms. The first-order chi connectivity index (χ1) is 12.5. The molecule has 1 aromatic carbocycles. The highest BCUT2D eigenvalue weighted by Crippen LogP contribution is 2.10. The van der Waals surface area contributed by atoms with Crippen LogP contribution in [0.3, 0.4) is 0 Å².